The number of nitrogens with zero attached hydrogens (tertiary/aromatic N) is 5. The summed E-state index contributed by atoms with van der Waals surface area (Å²) in [6.45, 7) is 5.55. The topological polar surface area (TPSA) is 74.5 Å². The third kappa shape index (κ3) is 4.01. The minimum absolute atomic E-state index is 0.138. The molecule has 0 aliphatic carbocycles. The predicted octanol–water partition coefficient (Wildman–Crippen LogP) is 0.624. The Balaban J connectivity index is 2.03. The maximum atomic E-state index is 10.8. The number of piperidine rings is 1. The molecule has 0 amide bonds. The van der Waals surface area contributed by atoms with E-state index < -0.39 is 5.97 Å². The van der Waals surface area contributed by atoms with Crippen molar-refractivity contribution in [2.24, 2.45) is 0 Å². The number of likely N-dealkylation sites (tertiary alicyclic amines) is 1. The molecule has 0 bridgehead atoms. The van der Waals surface area contributed by atoms with Crippen LogP contribution >= 0.6 is 0 Å². The fourth-order valence-electron chi connectivity index (χ4n) is 2.94. The predicted molar refractivity (Wildman–Crippen MR) is 79.1 cm³/mol. The van der Waals surface area contributed by atoms with Crippen LogP contribution in [0.4, 0.5) is 0 Å². The SMILES string of the molecule is CCn1c(CN(C)C)nnc1C1CCN(CC(=O)O)CC1. The molecular formula is C14H25N5O2. The van der Waals surface area contributed by atoms with Crippen LogP contribution in [0, 0.1) is 0 Å². The molecule has 7 nitrogen and oxygen atoms in total. The van der Waals surface area contributed by atoms with Crippen LogP contribution in [0.3, 0.4) is 0 Å². The fraction of sp³-hybridized carbons (Fsp3) is 0.786. The molecule has 1 aliphatic rings. The van der Waals surface area contributed by atoms with Crippen molar-refractivity contribution in [3.63, 3.8) is 0 Å². The zero-order chi connectivity index (χ0) is 15.4. The van der Waals surface area contributed by atoms with Crippen molar-refractivity contribution in [1.82, 2.24) is 24.6 Å². The van der Waals surface area contributed by atoms with Gasteiger partial charge in [-0.05, 0) is 47.0 Å². The van der Waals surface area contributed by atoms with E-state index in [1.165, 1.54) is 0 Å². The van der Waals surface area contributed by atoms with Crippen molar-refractivity contribution in [2.75, 3.05) is 33.7 Å². The smallest absolute Gasteiger partial charge is 0.317 e. The van der Waals surface area contributed by atoms with Gasteiger partial charge in [0.1, 0.15) is 11.6 Å². The quantitative estimate of drug-likeness (QED) is 0.829. The average molecular weight is 295 g/mol. The van der Waals surface area contributed by atoms with E-state index in [9.17, 15) is 4.79 Å². The van der Waals surface area contributed by atoms with Crippen LogP contribution in [-0.4, -0.2) is 69.4 Å². The third-order valence-electron chi connectivity index (χ3n) is 3.94. The summed E-state index contributed by atoms with van der Waals surface area (Å²) < 4.78 is 2.21. The van der Waals surface area contributed by atoms with Crippen LogP contribution in [0.5, 0.6) is 0 Å². The summed E-state index contributed by atoms with van der Waals surface area (Å²) in [7, 11) is 4.05. The summed E-state index contributed by atoms with van der Waals surface area (Å²) in [4.78, 5) is 14.8. The van der Waals surface area contributed by atoms with Gasteiger partial charge in [0, 0.05) is 12.5 Å². The van der Waals surface area contributed by atoms with Gasteiger partial charge in [-0.2, -0.15) is 0 Å². The van der Waals surface area contributed by atoms with Gasteiger partial charge in [-0.3, -0.25) is 9.69 Å². The Morgan fingerprint density at radius 3 is 2.52 bits per heavy atom. The van der Waals surface area contributed by atoms with Crippen molar-refractivity contribution >= 4 is 5.97 Å². The molecule has 1 aromatic heterocycles. The van der Waals surface area contributed by atoms with E-state index in [0.717, 1.165) is 50.7 Å². The molecule has 1 aromatic rings. The lowest BCUT2D eigenvalue weighted by Gasteiger charge is -2.30. The number of carboxylic acids is 1. The number of hydrogen-bond donors (Lipinski definition) is 1. The fourth-order valence-corrected chi connectivity index (χ4v) is 2.94. The summed E-state index contributed by atoms with van der Waals surface area (Å²) in [6.07, 6.45) is 1.90. The van der Waals surface area contributed by atoms with E-state index in [1.54, 1.807) is 0 Å². The van der Waals surface area contributed by atoms with Crippen molar-refractivity contribution in [3.8, 4) is 0 Å². The number of aliphatic carboxylic acids is 1. The molecule has 118 valence electrons. The molecule has 0 aromatic carbocycles. The maximum Gasteiger partial charge on any atom is 0.317 e. The highest BCUT2D eigenvalue weighted by molar-refractivity contribution is 5.69. The number of hydrogen-bond acceptors (Lipinski definition) is 5. The first-order valence-electron chi connectivity index (χ1n) is 7.52. The van der Waals surface area contributed by atoms with Crippen molar-refractivity contribution in [1.29, 1.82) is 0 Å². The third-order valence-corrected chi connectivity index (χ3v) is 3.94. The zero-order valence-electron chi connectivity index (χ0n) is 13.1. The molecule has 0 radical (unpaired) electrons. The second kappa shape index (κ2) is 7.00. The van der Waals surface area contributed by atoms with Gasteiger partial charge in [0.25, 0.3) is 0 Å². The highest BCUT2D eigenvalue weighted by Crippen LogP contribution is 2.27. The van der Waals surface area contributed by atoms with Gasteiger partial charge in [-0.1, -0.05) is 0 Å². The molecule has 21 heavy (non-hydrogen) atoms. The largest absolute Gasteiger partial charge is 0.480 e. The first-order valence-corrected chi connectivity index (χ1v) is 7.52. The Kier molecular flexibility index (Phi) is 5.30. The molecule has 0 unspecified atom stereocenters. The second-order valence-electron chi connectivity index (χ2n) is 5.90. The van der Waals surface area contributed by atoms with Gasteiger partial charge in [-0.25, -0.2) is 0 Å². The summed E-state index contributed by atoms with van der Waals surface area (Å²) in [5.41, 5.74) is 0. The molecule has 0 spiro atoms. The highest BCUT2D eigenvalue weighted by Gasteiger charge is 2.26. The molecule has 1 aliphatic heterocycles. The summed E-state index contributed by atoms with van der Waals surface area (Å²) in [6, 6.07) is 0. The normalized spacial score (nSPS) is 17.5. The Bertz CT molecular complexity index is 478. The van der Waals surface area contributed by atoms with E-state index in [-0.39, 0.29) is 6.54 Å². The van der Waals surface area contributed by atoms with Gasteiger partial charge in [0.15, 0.2) is 0 Å². The van der Waals surface area contributed by atoms with E-state index in [4.69, 9.17) is 5.11 Å². The lowest BCUT2D eigenvalue weighted by molar-refractivity contribution is -0.138. The first-order chi connectivity index (χ1) is 10.0. The zero-order valence-corrected chi connectivity index (χ0v) is 13.1. The van der Waals surface area contributed by atoms with E-state index in [1.807, 2.05) is 19.0 Å². The van der Waals surface area contributed by atoms with Crippen LogP contribution in [0.1, 0.15) is 37.3 Å². The van der Waals surface area contributed by atoms with Crippen molar-refractivity contribution < 1.29 is 9.90 Å². The van der Waals surface area contributed by atoms with Crippen LogP contribution < -0.4 is 0 Å². The molecule has 2 rings (SSSR count). The molecule has 0 saturated carbocycles. The second-order valence-corrected chi connectivity index (χ2v) is 5.90. The van der Waals surface area contributed by atoms with E-state index >= 15 is 0 Å². The molecule has 0 atom stereocenters. The Labute approximate surface area is 125 Å². The van der Waals surface area contributed by atoms with Crippen LogP contribution in [0.2, 0.25) is 0 Å². The standard InChI is InChI=1S/C14H25N5O2/c1-4-19-12(9-17(2)3)15-16-14(19)11-5-7-18(8-6-11)10-13(20)21/h11H,4-10H2,1-3H3,(H,20,21). The lowest BCUT2D eigenvalue weighted by Crippen LogP contribution is -2.37. The Morgan fingerprint density at radius 1 is 1.33 bits per heavy atom. The molecule has 1 fully saturated rings. The highest BCUT2D eigenvalue weighted by atomic mass is 16.4. The lowest BCUT2D eigenvalue weighted by atomic mass is 9.96. The molecule has 7 heteroatoms. The van der Waals surface area contributed by atoms with Gasteiger partial charge in [-0.15, -0.1) is 10.2 Å². The number of rotatable bonds is 6. The van der Waals surface area contributed by atoms with E-state index in [2.05, 4.69) is 26.6 Å². The minimum atomic E-state index is -0.751. The Hall–Kier alpha value is -1.47. The maximum absolute atomic E-state index is 10.8. The van der Waals surface area contributed by atoms with Crippen LogP contribution in [0.15, 0.2) is 0 Å². The van der Waals surface area contributed by atoms with Gasteiger partial charge in [0.05, 0.1) is 13.1 Å². The van der Waals surface area contributed by atoms with Crippen LogP contribution in [0.25, 0.3) is 0 Å². The van der Waals surface area contributed by atoms with Gasteiger partial charge < -0.3 is 14.6 Å². The molecule has 2 heterocycles. The Morgan fingerprint density at radius 2 is 2.00 bits per heavy atom. The number of aromatic nitrogens is 3. The molecular weight excluding hydrogens is 270 g/mol. The first kappa shape index (κ1) is 15.9. The van der Waals surface area contributed by atoms with Crippen LogP contribution in [-0.2, 0) is 17.9 Å². The minimum Gasteiger partial charge on any atom is -0.480 e. The van der Waals surface area contributed by atoms with Crippen molar-refractivity contribution in [3.05, 3.63) is 11.6 Å². The monoisotopic (exact) mass is 295 g/mol. The summed E-state index contributed by atoms with van der Waals surface area (Å²) in [5.74, 6) is 1.70. The molecule has 1 N–H and O–H groups in total. The van der Waals surface area contributed by atoms with Gasteiger partial charge >= 0.3 is 5.97 Å². The van der Waals surface area contributed by atoms with Gasteiger partial charge in [0.2, 0.25) is 0 Å². The van der Waals surface area contributed by atoms with Crippen molar-refractivity contribution in [2.45, 2.75) is 38.8 Å². The summed E-state index contributed by atoms with van der Waals surface area (Å²) in [5, 5.41) is 17.6. The number of carboxylic acid groups (broad SMARTS) is 1. The average Bonchev–Trinajstić information content (AvgIpc) is 2.81. The number of carbonyl (C=O) groups is 1. The molecule has 1 saturated heterocycles. The summed E-state index contributed by atoms with van der Waals surface area (Å²) >= 11 is 0. The van der Waals surface area contributed by atoms with E-state index in [0.29, 0.717) is 5.92 Å².